The molecular weight excluding hydrogens is 300 g/mol. The summed E-state index contributed by atoms with van der Waals surface area (Å²) in [6, 6.07) is 6.91. The monoisotopic (exact) mass is 312 g/mol. The van der Waals surface area contributed by atoms with Crippen molar-refractivity contribution in [1.82, 2.24) is 9.46 Å². The molecule has 0 radical (unpaired) electrons. The van der Waals surface area contributed by atoms with Crippen molar-refractivity contribution in [2.45, 2.75) is 18.7 Å². The van der Waals surface area contributed by atoms with E-state index >= 15 is 0 Å². The van der Waals surface area contributed by atoms with Crippen molar-refractivity contribution in [3.63, 3.8) is 0 Å². The van der Waals surface area contributed by atoms with Crippen LogP contribution < -0.4 is 0 Å². The molecule has 7 heteroatoms. The zero-order valence-electron chi connectivity index (χ0n) is 10.6. The topological polar surface area (TPSA) is 63.4 Å². The molecule has 1 aliphatic heterocycles. The molecule has 0 fully saturated rings. The summed E-state index contributed by atoms with van der Waals surface area (Å²) in [7, 11) is -3.37. The second-order valence-electron chi connectivity index (χ2n) is 4.74. The number of rotatable bonds is 3. The van der Waals surface area contributed by atoms with Gasteiger partial charge in [0.15, 0.2) is 0 Å². The minimum Gasteiger partial charge on any atom is -0.361 e. The van der Waals surface area contributed by atoms with Gasteiger partial charge in [-0.15, -0.1) is 0 Å². The highest BCUT2D eigenvalue weighted by Crippen LogP contribution is 2.23. The van der Waals surface area contributed by atoms with Crippen molar-refractivity contribution in [3.05, 3.63) is 52.4 Å². The molecule has 106 valence electrons. The fourth-order valence-corrected chi connectivity index (χ4v) is 3.98. The minimum absolute atomic E-state index is 0.0474. The van der Waals surface area contributed by atoms with Crippen LogP contribution in [-0.2, 0) is 28.7 Å². The first kappa shape index (κ1) is 13.6. The number of fused-ring (bicyclic) bond motifs is 1. The molecule has 1 aliphatic rings. The number of benzene rings is 1. The standard InChI is InChI=1S/C13H13ClN2O3S/c14-12-3-1-2-10(6-12)9-20(17,18)16-5-4-13-11(8-16)7-15-19-13/h1-3,6-7H,4-5,8-9H2. The first-order valence-corrected chi connectivity index (χ1v) is 8.18. The summed E-state index contributed by atoms with van der Waals surface area (Å²) in [5, 5.41) is 4.24. The van der Waals surface area contributed by atoms with Crippen LogP contribution in [0.5, 0.6) is 0 Å². The first-order chi connectivity index (χ1) is 9.54. The van der Waals surface area contributed by atoms with Crippen molar-refractivity contribution in [3.8, 4) is 0 Å². The highest BCUT2D eigenvalue weighted by atomic mass is 35.5. The van der Waals surface area contributed by atoms with E-state index in [2.05, 4.69) is 5.16 Å². The highest BCUT2D eigenvalue weighted by molar-refractivity contribution is 7.88. The Morgan fingerprint density at radius 3 is 3.05 bits per heavy atom. The Labute approximate surface area is 122 Å². The SMILES string of the molecule is O=S(=O)(Cc1cccc(Cl)c1)N1CCc2oncc2C1. The van der Waals surface area contributed by atoms with Crippen LogP contribution in [0.2, 0.25) is 5.02 Å². The maximum Gasteiger partial charge on any atom is 0.218 e. The zero-order valence-corrected chi connectivity index (χ0v) is 12.2. The van der Waals surface area contributed by atoms with Crippen LogP contribution >= 0.6 is 11.6 Å². The predicted molar refractivity (Wildman–Crippen MR) is 74.7 cm³/mol. The molecule has 0 atom stereocenters. The van der Waals surface area contributed by atoms with Crippen LogP contribution in [0.25, 0.3) is 0 Å². The summed E-state index contributed by atoms with van der Waals surface area (Å²) in [6.07, 6.45) is 2.14. The Hall–Kier alpha value is -1.37. The normalized spacial score (nSPS) is 16.1. The van der Waals surface area contributed by atoms with Crippen molar-refractivity contribution in [2.24, 2.45) is 0 Å². The number of aromatic nitrogens is 1. The summed E-state index contributed by atoms with van der Waals surface area (Å²) in [4.78, 5) is 0. The third-order valence-electron chi connectivity index (χ3n) is 3.30. The minimum atomic E-state index is -3.37. The Balaban J connectivity index is 1.79. The lowest BCUT2D eigenvalue weighted by molar-refractivity contribution is 0.331. The molecule has 1 aromatic heterocycles. The molecule has 0 bridgehead atoms. The number of nitrogens with zero attached hydrogens (tertiary/aromatic N) is 2. The molecule has 0 spiro atoms. The van der Waals surface area contributed by atoms with Crippen LogP contribution in [0.3, 0.4) is 0 Å². The summed E-state index contributed by atoms with van der Waals surface area (Å²) >= 11 is 5.88. The van der Waals surface area contributed by atoms with Crippen LogP contribution in [-0.4, -0.2) is 24.4 Å². The Bertz CT molecular complexity index is 727. The molecule has 0 amide bonds. The van der Waals surface area contributed by atoms with Crippen molar-refractivity contribution < 1.29 is 12.9 Å². The summed E-state index contributed by atoms with van der Waals surface area (Å²) in [5.74, 6) is 0.730. The average molecular weight is 313 g/mol. The van der Waals surface area contributed by atoms with Gasteiger partial charge in [0, 0.05) is 30.1 Å². The molecule has 1 aromatic carbocycles. The van der Waals surface area contributed by atoms with Gasteiger partial charge in [-0.2, -0.15) is 4.31 Å². The van der Waals surface area contributed by atoms with Crippen LogP contribution in [0, 0.1) is 0 Å². The molecule has 5 nitrogen and oxygen atoms in total. The van der Waals surface area contributed by atoms with Gasteiger partial charge in [-0.3, -0.25) is 0 Å². The lowest BCUT2D eigenvalue weighted by Crippen LogP contribution is -2.36. The van der Waals surface area contributed by atoms with Crippen molar-refractivity contribution in [2.75, 3.05) is 6.54 Å². The molecule has 3 rings (SSSR count). The van der Waals surface area contributed by atoms with Gasteiger partial charge in [0.2, 0.25) is 10.0 Å². The Kier molecular flexibility index (Phi) is 3.54. The van der Waals surface area contributed by atoms with E-state index in [1.807, 2.05) is 0 Å². The van der Waals surface area contributed by atoms with Crippen molar-refractivity contribution in [1.29, 1.82) is 0 Å². The first-order valence-electron chi connectivity index (χ1n) is 6.19. The largest absolute Gasteiger partial charge is 0.361 e. The lowest BCUT2D eigenvalue weighted by atomic mass is 10.1. The number of halogens is 1. The molecule has 0 unspecified atom stereocenters. The van der Waals surface area contributed by atoms with Gasteiger partial charge in [-0.25, -0.2) is 8.42 Å². The molecule has 0 saturated heterocycles. The van der Waals surface area contributed by atoms with Gasteiger partial charge in [0.1, 0.15) is 5.76 Å². The molecule has 2 heterocycles. The van der Waals surface area contributed by atoms with Gasteiger partial charge in [-0.05, 0) is 17.7 Å². The van der Waals surface area contributed by atoms with Gasteiger partial charge in [-0.1, -0.05) is 28.9 Å². The van der Waals surface area contributed by atoms with Gasteiger partial charge in [0.25, 0.3) is 0 Å². The van der Waals surface area contributed by atoms with E-state index in [0.29, 0.717) is 30.1 Å². The number of hydrogen-bond acceptors (Lipinski definition) is 4. The highest BCUT2D eigenvalue weighted by Gasteiger charge is 2.28. The summed E-state index contributed by atoms with van der Waals surface area (Å²) in [5.41, 5.74) is 1.53. The molecule has 20 heavy (non-hydrogen) atoms. The molecule has 0 saturated carbocycles. The van der Waals surface area contributed by atoms with E-state index in [-0.39, 0.29) is 5.75 Å². The fraction of sp³-hybridized carbons (Fsp3) is 0.308. The van der Waals surface area contributed by atoms with Gasteiger partial charge < -0.3 is 4.52 Å². The maximum atomic E-state index is 12.4. The zero-order chi connectivity index (χ0) is 14.2. The number of sulfonamides is 1. The predicted octanol–water partition coefficient (Wildman–Crippen LogP) is 2.22. The van der Waals surface area contributed by atoms with Crippen LogP contribution in [0.15, 0.2) is 35.0 Å². The quantitative estimate of drug-likeness (QED) is 0.871. The molecule has 2 aromatic rings. The second-order valence-corrected chi connectivity index (χ2v) is 7.15. The van der Waals surface area contributed by atoms with E-state index in [0.717, 1.165) is 11.3 Å². The van der Waals surface area contributed by atoms with E-state index < -0.39 is 10.0 Å². The molecular formula is C13H13ClN2O3S. The van der Waals surface area contributed by atoms with E-state index in [1.54, 1.807) is 30.5 Å². The van der Waals surface area contributed by atoms with Gasteiger partial charge >= 0.3 is 0 Å². The summed E-state index contributed by atoms with van der Waals surface area (Å²) in [6.45, 7) is 0.743. The van der Waals surface area contributed by atoms with Crippen molar-refractivity contribution >= 4 is 21.6 Å². The maximum absolute atomic E-state index is 12.4. The van der Waals surface area contributed by atoms with Crippen LogP contribution in [0.4, 0.5) is 0 Å². The Morgan fingerprint density at radius 1 is 1.40 bits per heavy atom. The average Bonchev–Trinajstić information content (AvgIpc) is 2.85. The second kappa shape index (κ2) is 5.20. The number of hydrogen-bond donors (Lipinski definition) is 0. The fourth-order valence-electron chi connectivity index (χ4n) is 2.28. The van der Waals surface area contributed by atoms with E-state index in [4.69, 9.17) is 16.1 Å². The smallest absolute Gasteiger partial charge is 0.218 e. The van der Waals surface area contributed by atoms with Crippen LogP contribution in [0.1, 0.15) is 16.9 Å². The lowest BCUT2D eigenvalue weighted by Gasteiger charge is -2.25. The molecule has 0 N–H and O–H groups in total. The van der Waals surface area contributed by atoms with E-state index in [1.165, 1.54) is 4.31 Å². The van der Waals surface area contributed by atoms with Gasteiger partial charge in [0.05, 0.1) is 11.9 Å². The Morgan fingerprint density at radius 2 is 2.25 bits per heavy atom. The van der Waals surface area contributed by atoms with E-state index in [9.17, 15) is 8.42 Å². The summed E-state index contributed by atoms with van der Waals surface area (Å²) < 4.78 is 31.4. The molecule has 0 aliphatic carbocycles. The third kappa shape index (κ3) is 2.72. The third-order valence-corrected chi connectivity index (χ3v) is 5.33.